The maximum absolute atomic E-state index is 11.5. The molecule has 0 N–H and O–H groups in total. The van der Waals surface area contributed by atoms with Gasteiger partial charge in [-0.25, -0.2) is 0 Å². The molecule has 0 aliphatic heterocycles. The molecule has 1 heterocycles. The van der Waals surface area contributed by atoms with Crippen LogP contribution in [0.15, 0.2) is 30.5 Å². The van der Waals surface area contributed by atoms with E-state index in [1.54, 1.807) is 19.2 Å². The van der Waals surface area contributed by atoms with Crippen LogP contribution in [0.4, 0.5) is 0 Å². The summed E-state index contributed by atoms with van der Waals surface area (Å²) in [6.45, 7) is 4.10. The van der Waals surface area contributed by atoms with Crippen molar-refractivity contribution in [2.45, 2.75) is 13.8 Å². The SMILES string of the molecule is CCOc1ccc2nccc(C(C)=O)c2c1. The van der Waals surface area contributed by atoms with Gasteiger partial charge in [0.05, 0.1) is 12.1 Å². The van der Waals surface area contributed by atoms with E-state index in [2.05, 4.69) is 4.98 Å². The number of hydrogen-bond acceptors (Lipinski definition) is 3. The van der Waals surface area contributed by atoms with Gasteiger partial charge in [0, 0.05) is 17.1 Å². The number of pyridine rings is 1. The first kappa shape index (κ1) is 10.6. The Bertz CT molecular complexity index is 534. The predicted molar refractivity (Wildman–Crippen MR) is 62.9 cm³/mol. The van der Waals surface area contributed by atoms with Crippen molar-refractivity contribution in [3.05, 3.63) is 36.0 Å². The van der Waals surface area contributed by atoms with Gasteiger partial charge in [-0.2, -0.15) is 0 Å². The minimum atomic E-state index is 0.0426. The Labute approximate surface area is 94.1 Å². The summed E-state index contributed by atoms with van der Waals surface area (Å²) in [6, 6.07) is 7.33. The maximum atomic E-state index is 11.5. The molecule has 0 amide bonds. The molecule has 0 radical (unpaired) electrons. The van der Waals surface area contributed by atoms with Gasteiger partial charge in [0.25, 0.3) is 0 Å². The van der Waals surface area contributed by atoms with Crippen molar-refractivity contribution in [2.75, 3.05) is 6.61 Å². The zero-order chi connectivity index (χ0) is 11.5. The van der Waals surface area contributed by atoms with Crippen molar-refractivity contribution >= 4 is 16.7 Å². The molecule has 0 saturated heterocycles. The van der Waals surface area contributed by atoms with Gasteiger partial charge >= 0.3 is 0 Å². The van der Waals surface area contributed by atoms with E-state index in [-0.39, 0.29) is 5.78 Å². The fourth-order valence-electron chi connectivity index (χ4n) is 1.69. The summed E-state index contributed by atoms with van der Waals surface area (Å²) in [6.07, 6.45) is 1.65. The first-order chi connectivity index (χ1) is 7.72. The third-order valence-electron chi connectivity index (χ3n) is 2.40. The first-order valence-electron chi connectivity index (χ1n) is 5.25. The number of rotatable bonds is 3. The van der Waals surface area contributed by atoms with Gasteiger partial charge in [0.15, 0.2) is 5.78 Å². The van der Waals surface area contributed by atoms with Crippen LogP contribution in [0.2, 0.25) is 0 Å². The van der Waals surface area contributed by atoms with Crippen LogP contribution in [0.1, 0.15) is 24.2 Å². The molecule has 0 unspecified atom stereocenters. The summed E-state index contributed by atoms with van der Waals surface area (Å²) < 4.78 is 5.41. The highest BCUT2D eigenvalue weighted by Gasteiger charge is 2.07. The number of carbonyl (C=O) groups is 1. The van der Waals surface area contributed by atoms with Gasteiger partial charge in [0.1, 0.15) is 5.75 Å². The number of ether oxygens (including phenoxy) is 1. The number of hydrogen-bond donors (Lipinski definition) is 0. The molecule has 2 rings (SSSR count). The second-order valence-corrected chi connectivity index (χ2v) is 3.53. The minimum Gasteiger partial charge on any atom is -0.494 e. The van der Waals surface area contributed by atoms with Crippen molar-refractivity contribution in [3.8, 4) is 5.75 Å². The average molecular weight is 215 g/mol. The van der Waals surface area contributed by atoms with E-state index in [1.165, 1.54) is 0 Å². The molecule has 0 saturated carbocycles. The Hall–Kier alpha value is -1.90. The first-order valence-corrected chi connectivity index (χ1v) is 5.25. The summed E-state index contributed by atoms with van der Waals surface area (Å²) in [7, 11) is 0. The number of ketones is 1. The lowest BCUT2D eigenvalue weighted by molar-refractivity contribution is 0.101. The summed E-state index contributed by atoms with van der Waals surface area (Å²) in [5.41, 5.74) is 1.50. The highest BCUT2D eigenvalue weighted by molar-refractivity contribution is 6.06. The van der Waals surface area contributed by atoms with Gasteiger partial charge in [-0.05, 0) is 38.1 Å². The van der Waals surface area contributed by atoms with Crippen LogP contribution in [0.5, 0.6) is 5.75 Å². The fraction of sp³-hybridized carbons (Fsp3) is 0.231. The van der Waals surface area contributed by atoms with E-state index in [0.717, 1.165) is 16.7 Å². The molecule has 1 aromatic heterocycles. The summed E-state index contributed by atoms with van der Waals surface area (Å²) >= 11 is 0. The Morgan fingerprint density at radius 1 is 1.38 bits per heavy atom. The Morgan fingerprint density at radius 2 is 2.19 bits per heavy atom. The van der Waals surface area contributed by atoms with E-state index in [4.69, 9.17) is 4.74 Å². The Balaban J connectivity index is 2.63. The predicted octanol–water partition coefficient (Wildman–Crippen LogP) is 2.84. The fourth-order valence-corrected chi connectivity index (χ4v) is 1.69. The third-order valence-corrected chi connectivity index (χ3v) is 2.40. The molecule has 82 valence electrons. The van der Waals surface area contributed by atoms with Gasteiger partial charge < -0.3 is 4.74 Å². The number of fused-ring (bicyclic) bond motifs is 1. The number of Topliss-reactive ketones (excluding diaryl/α,β-unsaturated/α-hetero) is 1. The molecule has 0 atom stereocenters. The van der Waals surface area contributed by atoms with Gasteiger partial charge in [0.2, 0.25) is 0 Å². The van der Waals surface area contributed by atoms with Crippen LogP contribution in [0, 0.1) is 0 Å². The van der Waals surface area contributed by atoms with E-state index >= 15 is 0 Å². The summed E-state index contributed by atoms with van der Waals surface area (Å²) in [5.74, 6) is 0.812. The number of aromatic nitrogens is 1. The molecule has 0 aliphatic rings. The molecular weight excluding hydrogens is 202 g/mol. The van der Waals surface area contributed by atoms with Crippen LogP contribution in [0.25, 0.3) is 10.9 Å². The summed E-state index contributed by atoms with van der Waals surface area (Å²) in [5, 5.41) is 0.848. The van der Waals surface area contributed by atoms with E-state index < -0.39 is 0 Å². The molecule has 3 heteroatoms. The Kier molecular flexibility index (Phi) is 2.86. The van der Waals surface area contributed by atoms with E-state index in [1.807, 2.05) is 25.1 Å². The zero-order valence-electron chi connectivity index (χ0n) is 9.36. The lowest BCUT2D eigenvalue weighted by Crippen LogP contribution is -1.96. The van der Waals surface area contributed by atoms with Gasteiger partial charge in [-0.15, -0.1) is 0 Å². The monoisotopic (exact) mass is 215 g/mol. The minimum absolute atomic E-state index is 0.0426. The van der Waals surface area contributed by atoms with Gasteiger partial charge in [-0.1, -0.05) is 0 Å². The third kappa shape index (κ3) is 1.89. The highest BCUT2D eigenvalue weighted by Crippen LogP contribution is 2.22. The normalized spacial score (nSPS) is 10.4. The van der Waals surface area contributed by atoms with Crippen molar-refractivity contribution < 1.29 is 9.53 Å². The number of benzene rings is 1. The molecule has 0 fully saturated rings. The zero-order valence-corrected chi connectivity index (χ0v) is 9.36. The number of carbonyl (C=O) groups excluding carboxylic acids is 1. The quantitative estimate of drug-likeness (QED) is 0.739. The molecular formula is C13H13NO2. The second kappa shape index (κ2) is 4.31. The molecule has 16 heavy (non-hydrogen) atoms. The highest BCUT2D eigenvalue weighted by atomic mass is 16.5. The molecule has 1 aromatic carbocycles. The molecule has 3 nitrogen and oxygen atoms in total. The molecule has 0 bridgehead atoms. The molecule has 0 spiro atoms. The maximum Gasteiger partial charge on any atom is 0.160 e. The average Bonchev–Trinajstić information content (AvgIpc) is 2.28. The molecule has 0 aliphatic carbocycles. The lowest BCUT2D eigenvalue weighted by Gasteiger charge is -2.06. The van der Waals surface area contributed by atoms with Gasteiger partial charge in [-0.3, -0.25) is 9.78 Å². The number of nitrogens with zero attached hydrogens (tertiary/aromatic N) is 1. The van der Waals surface area contributed by atoms with Crippen LogP contribution < -0.4 is 4.74 Å². The molecule has 2 aromatic rings. The Morgan fingerprint density at radius 3 is 2.88 bits per heavy atom. The largest absolute Gasteiger partial charge is 0.494 e. The van der Waals surface area contributed by atoms with E-state index in [0.29, 0.717) is 12.2 Å². The topological polar surface area (TPSA) is 39.2 Å². The van der Waals surface area contributed by atoms with Crippen molar-refractivity contribution in [3.63, 3.8) is 0 Å². The van der Waals surface area contributed by atoms with E-state index in [9.17, 15) is 4.79 Å². The second-order valence-electron chi connectivity index (χ2n) is 3.53. The van der Waals surface area contributed by atoms with Crippen molar-refractivity contribution in [2.24, 2.45) is 0 Å². The smallest absolute Gasteiger partial charge is 0.160 e. The van der Waals surface area contributed by atoms with Crippen molar-refractivity contribution in [1.82, 2.24) is 4.98 Å². The standard InChI is InChI=1S/C13H13NO2/c1-3-16-10-4-5-13-12(8-10)11(9(2)15)6-7-14-13/h4-8H,3H2,1-2H3. The van der Waals surface area contributed by atoms with Crippen molar-refractivity contribution in [1.29, 1.82) is 0 Å². The summed E-state index contributed by atoms with van der Waals surface area (Å²) in [4.78, 5) is 15.7. The van der Waals surface area contributed by atoms with Crippen LogP contribution in [0.3, 0.4) is 0 Å². The van der Waals surface area contributed by atoms with Crippen LogP contribution >= 0.6 is 0 Å². The lowest BCUT2D eigenvalue weighted by atomic mass is 10.1. The van der Waals surface area contributed by atoms with Crippen LogP contribution in [-0.4, -0.2) is 17.4 Å². The van der Waals surface area contributed by atoms with Crippen LogP contribution in [-0.2, 0) is 0 Å².